The molecule has 4 nitrogen and oxygen atoms in total. The molecular weight excluding hydrogens is 286 g/mol. The van der Waals surface area contributed by atoms with Crippen LogP contribution in [0.5, 0.6) is 0 Å². The molecule has 0 aliphatic carbocycles. The van der Waals surface area contributed by atoms with Gasteiger partial charge in [-0.1, -0.05) is 0 Å². The lowest BCUT2D eigenvalue weighted by Gasteiger charge is -2.00. The lowest BCUT2D eigenvalue weighted by Crippen LogP contribution is -2.30. The number of amides is 1. The zero-order valence-corrected chi connectivity index (χ0v) is 11.4. The Balaban J connectivity index is 2.07. The van der Waals surface area contributed by atoms with Crippen molar-refractivity contribution >= 4 is 17.7 Å². The molecule has 1 heterocycles. The molecule has 20 heavy (non-hydrogen) atoms. The summed E-state index contributed by atoms with van der Waals surface area (Å²) in [5, 5.41) is 0. The standard InChI is InChI=1S/C13H12F2N2O2S/c1-7-4-8(19-12(7)13(18)17-16)6-20-9-2-3-10(14)11(15)5-9/h2-5H,6,16H2,1H3,(H,17,18). The second kappa shape index (κ2) is 6.06. The summed E-state index contributed by atoms with van der Waals surface area (Å²) in [6.45, 7) is 1.72. The SMILES string of the molecule is Cc1cc(CSc2ccc(F)c(F)c2)oc1C(=O)NN. The first kappa shape index (κ1) is 14.5. The van der Waals surface area contributed by atoms with Crippen LogP contribution in [-0.4, -0.2) is 5.91 Å². The molecule has 0 atom stereocenters. The molecule has 0 spiro atoms. The molecule has 0 bridgehead atoms. The molecule has 106 valence electrons. The van der Waals surface area contributed by atoms with Crippen LogP contribution in [0.25, 0.3) is 0 Å². The topological polar surface area (TPSA) is 68.3 Å². The van der Waals surface area contributed by atoms with Gasteiger partial charge >= 0.3 is 5.91 Å². The Hall–Kier alpha value is -1.86. The largest absolute Gasteiger partial charge is 0.455 e. The van der Waals surface area contributed by atoms with Gasteiger partial charge in [0.15, 0.2) is 17.4 Å². The van der Waals surface area contributed by atoms with Gasteiger partial charge in [0, 0.05) is 10.5 Å². The van der Waals surface area contributed by atoms with Crippen molar-refractivity contribution in [1.82, 2.24) is 5.43 Å². The smallest absolute Gasteiger partial charge is 0.301 e. The van der Waals surface area contributed by atoms with Crippen LogP contribution in [0.1, 0.15) is 21.9 Å². The fourth-order valence-corrected chi connectivity index (χ4v) is 2.43. The quantitative estimate of drug-likeness (QED) is 0.394. The molecule has 0 radical (unpaired) electrons. The summed E-state index contributed by atoms with van der Waals surface area (Å²) >= 11 is 1.27. The summed E-state index contributed by atoms with van der Waals surface area (Å²) in [5.74, 6) is 3.84. The van der Waals surface area contributed by atoms with Gasteiger partial charge in [0.25, 0.3) is 0 Å². The number of carbonyl (C=O) groups excluding carboxylic acids is 1. The van der Waals surface area contributed by atoms with E-state index in [9.17, 15) is 13.6 Å². The summed E-state index contributed by atoms with van der Waals surface area (Å²) in [4.78, 5) is 11.9. The van der Waals surface area contributed by atoms with Crippen LogP contribution in [0.15, 0.2) is 33.6 Å². The van der Waals surface area contributed by atoms with Crippen LogP contribution in [0, 0.1) is 18.6 Å². The molecule has 7 heteroatoms. The number of aryl methyl sites for hydroxylation is 1. The number of halogens is 2. The number of thioether (sulfide) groups is 1. The number of benzene rings is 1. The Kier molecular flexibility index (Phi) is 4.41. The molecule has 1 amide bonds. The number of nitrogen functional groups attached to an aromatic ring is 1. The Morgan fingerprint density at radius 1 is 1.35 bits per heavy atom. The Morgan fingerprint density at radius 3 is 2.75 bits per heavy atom. The van der Waals surface area contributed by atoms with Gasteiger partial charge in [-0.25, -0.2) is 14.6 Å². The van der Waals surface area contributed by atoms with Crippen molar-refractivity contribution in [3.63, 3.8) is 0 Å². The maximum absolute atomic E-state index is 13.0. The molecule has 0 fully saturated rings. The van der Waals surface area contributed by atoms with Gasteiger partial charge < -0.3 is 4.42 Å². The molecule has 2 aromatic rings. The summed E-state index contributed by atoms with van der Waals surface area (Å²) in [5.41, 5.74) is 2.65. The molecule has 2 rings (SSSR count). The minimum Gasteiger partial charge on any atom is -0.455 e. The van der Waals surface area contributed by atoms with E-state index in [0.29, 0.717) is 22.0 Å². The highest BCUT2D eigenvalue weighted by Crippen LogP contribution is 2.26. The summed E-state index contributed by atoms with van der Waals surface area (Å²) < 4.78 is 31.2. The van der Waals surface area contributed by atoms with Crippen LogP contribution >= 0.6 is 11.8 Å². The van der Waals surface area contributed by atoms with Crippen molar-refractivity contribution in [2.75, 3.05) is 0 Å². The number of carbonyl (C=O) groups is 1. The maximum Gasteiger partial charge on any atom is 0.301 e. The molecule has 0 aliphatic heterocycles. The number of hydrazine groups is 1. The van der Waals surface area contributed by atoms with Crippen molar-refractivity contribution in [3.8, 4) is 0 Å². The predicted octanol–water partition coefficient (Wildman–Crippen LogP) is 2.76. The number of rotatable bonds is 4. The normalized spacial score (nSPS) is 10.6. The lowest BCUT2D eigenvalue weighted by molar-refractivity contribution is 0.0923. The fourth-order valence-electron chi connectivity index (χ4n) is 1.63. The molecule has 0 unspecified atom stereocenters. The summed E-state index contributed by atoms with van der Waals surface area (Å²) in [6.07, 6.45) is 0. The summed E-state index contributed by atoms with van der Waals surface area (Å²) in [6, 6.07) is 5.37. The average molecular weight is 298 g/mol. The third-order valence-corrected chi connectivity index (χ3v) is 3.59. The number of furan rings is 1. The molecule has 1 aromatic heterocycles. The molecule has 0 saturated carbocycles. The van der Waals surface area contributed by atoms with Crippen molar-refractivity contribution in [3.05, 3.63) is 53.0 Å². The van der Waals surface area contributed by atoms with E-state index in [1.807, 2.05) is 5.43 Å². The van der Waals surface area contributed by atoms with Crippen molar-refractivity contribution in [2.45, 2.75) is 17.6 Å². The van der Waals surface area contributed by atoms with Crippen molar-refractivity contribution in [2.24, 2.45) is 5.84 Å². The van der Waals surface area contributed by atoms with Crippen molar-refractivity contribution < 1.29 is 18.0 Å². The van der Waals surface area contributed by atoms with Crippen LogP contribution in [0.2, 0.25) is 0 Å². The van der Waals surface area contributed by atoms with E-state index >= 15 is 0 Å². The first-order valence-electron chi connectivity index (χ1n) is 5.69. The van der Waals surface area contributed by atoms with Gasteiger partial charge in [-0.2, -0.15) is 0 Å². The van der Waals surface area contributed by atoms with Gasteiger partial charge in [0.1, 0.15) is 5.76 Å². The van der Waals surface area contributed by atoms with Gasteiger partial charge in [-0.3, -0.25) is 10.2 Å². The first-order chi connectivity index (χ1) is 9.51. The highest BCUT2D eigenvalue weighted by Gasteiger charge is 2.14. The third kappa shape index (κ3) is 3.17. The van der Waals surface area contributed by atoms with E-state index in [2.05, 4.69) is 0 Å². The van der Waals surface area contributed by atoms with Gasteiger partial charge in [-0.15, -0.1) is 11.8 Å². The molecular formula is C13H12F2N2O2S. The highest BCUT2D eigenvalue weighted by molar-refractivity contribution is 7.98. The van der Waals surface area contributed by atoms with E-state index in [-0.39, 0.29) is 5.76 Å². The molecule has 0 aliphatic rings. The van der Waals surface area contributed by atoms with Crippen LogP contribution in [-0.2, 0) is 5.75 Å². The number of hydrogen-bond acceptors (Lipinski definition) is 4. The Morgan fingerprint density at radius 2 is 2.10 bits per heavy atom. The second-order valence-corrected chi connectivity index (χ2v) is 5.11. The summed E-state index contributed by atoms with van der Waals surface area (Å²) in [7, 11) is 0. The maximum atomic E-state index is 13.0. The van der Waals surface area contributed by atoms with Gasteiger partial charge in [0.05, 0.1) is 5.75 Å². The average Bonchev–Trinajstić information content (AvgIpc) is 2.80. The number of nitrogens with one attached hydrogen (secondary N) is 1. The van der Waals surface area contributed by atoms with Gasteiger partial charge in [-0.05, 0) is 31.2 Å². The molecule has 3 N–H and O–H groups in total. The van der Waals surface area contributed by atoms with Gasteiger partial charge in [0.2, 0.25) is 0 Å². The number of hydrogen-bond donors (Lipinski definition) is 2. The Bertz CT molecular complexity index is 643. The van der Waals surface area contributed by atoms with Crippen molar-refractivity contribution in [1.29, 1.82) is 0 Å². The molecule has 1 aromatic carbocycles. The minimum atomic E-state index is -0.895. The minimum absolute atomic E-state index is 0.147. The van der Waals surface area contributed by atoms with Crippen LogP contribution < -0.4 is 11.3 Å². The highest BCUT2D eigenvalue weighted by atomic mass is 32.2. The monoisotopic (exact) mass is 298 g/mol. The predicted molar refractivity (Wildman–Crippen MR) is 71.0 cm³/mol. The lowest BCUT2D eigenvalue weighted by atomic mass is 10.2. The van der Waals surface area contributed by atoms with E-state index in [1.165, 1.54) is 17.8 Å². The first-order valence-corrected chi connectivity index (χ1v) is 6.68. The zero-order valence-electron chi connectivity index (χ0n) is 10.6. The Labute approximate surface area is 118 Å². The van der Waals surface area contributed by atoms with E-state index in [1.54, 1.807) is 13.0 Å². The fraction of sp³-hybridized carbons (Fsp3) is 0.154. The van der Waals surface area contributed by atoms with E-state index < -0.39 is 17.5 Å². The zero-order chi connectivity index (χ0) is 14.7. The number of nitrogens with two attached hydrogens (primary N) is 1. The molecule has 0 saturated heterocycles. The van der Waals surface area contributed by atoms with Crippen LogP contribution in [0.3, 0.4) is 0 Å². The van der Waals surface area contributed by atoms with Crippen LogP contribution in [0.4, 0.5) is 8.78 Å². The van der Waals surface area contributed by atoms with E-state index in [4.69, 9.17) is 10.3 Å². The second-order valence-electron chi connectivity index (χ2n) is 4.06. The van der Waals surface area contributed by atoms with E-state index in [0.717, 1.165) is 12.1 Å². The third-order valence-electron chi connectivity index (χ3n) is 2.58.